The SMILES string of the molecule is CNC(C)c1ccc(N2CCCC(C)(O)CC2)cc1. The molecule has 2 unspecified atom stereocenters. The maximum absolute atomic E-state index is 10.1. The number of nitrogens with zero attached hydrogens (tertiary/aromatic N) is 1. The van der Waals surface area contributed by atoms with Crippen molar-refractivity contribution in [3.8, 4) is 0 Å². The van der Waals surface area contributed by atoms with E-state index in [9.17, 15) is 5.11 Å². The van der Waals surface area contributed by atoms with Crippen molar-refractivity contribution in [1.82, 2.24) is 5.32 Å². The first-order valence-electron chi connectivity index (χ1n) is 7.26. The average Bonchev–Trinajstić information content (AvgIpc) is 2.59. The molecule has 106 valence electrons. The second kappa shape index (κ2) is 5.93. The zero-order chi connectivity index (χ0) is 13.9. The normalized spacial score (nSPS) is 26.0. The maximum atomic E-state index is 10.1. The van der Waals surface area contributed by atoms with E-state index in [0.717, 1.165) is 32.4 Å². The second-order valence-electron chi connectivity index (χ2n) is 5.94. The highest BCUT2D eigenvalue weighted by atomic mass is 16.3. The lowest BCUT2D eigenvalue weighted by Crippen LogP contribution is -2.28. The van der Waals surface area contributed by atoms with Crippen LogP contribution >= 0.6 is 0 Å². The van der Waals surface area contributed by atoms with Crippen molar-refractivity contribution in [3.05, 3.63) is 29.8 Å². The predicted molar refractivity (Wildman–Crippen MR) is 80.6 cm³/mol. The summed E-state index contributed by atoms with van der Waals surface area (Å²) in [6.07, 6.45) is 2.81. The Morgan fingerprint density at radius 2 is 1.89 bits per heavy atom. The minimum atomic E-state index is -0.491. The summed E-state index contributed by atoms with van der Waals surface area (Å²) in [5, 5.41) is 13.4. The van der Waals surface area contributed by atoms with Gasteiger partial charge in [0.1, 0.15) is 0 Å². The summed E-state index contributed by atoms with van der Waals surface area (Å²) in [6, 6.07) is 9.17. The molecule has 1 aliphatic heterocycles. The molecule has 0 saturated carbocycles. The standard InChI is InChI=1S/C16H26N2O/c1-13(17-3)14-5-7-15(8-6-14)18-11-4-9-16(2,19)10-12-18/h5-8,13,17,19H,4,9-12H2,1-3H3. The van der Waals surface area contributed by atoms with Gasteiger partial charge in [0, 0.05) is 24.8 Å². The number of rotatable bonds is 3. The molecule has 0 radical (unpaired) electrons. The third-order valence-electron chi connectivity index (χ3n) is 4.25. The topological polar surface area (TPSA) is 35.5 Å². The Morgan fingerprint density at radius 3 is 2.53 bits per heavy atom. The first-order valence-corrected chi connectivity index (χ1v) is 7.26. The van der Waals surface area contributed by atoms with Crippen LogP contribution in [0.25, 0.3) is 0 Å². The molecule has 1 heterocycles. The smallest absolute Gasteiger partial charge is 0.0637 e. The lowest BCUT2D eigenvalue weighted by atomic mass is 9.98. The molecule has 2 N–H and O–H groups in total. The second-order valence-corrected chi connectivity index (χ2v) is 5.94. The molecular weight excluding hydrogens is 236 g/mol. The van der Waals surface area contributed by atoms with E-state index in [1.807, 2.05) is 14.0 Å². The molecule has 1 aromatic rings. The van der Waals surface area contributed by atoms with E-state index < -0.39 is 5.60 Å². The Morgan fingerprint density at radius 1 is 1.21 bits per heavy atom. The number of aliphatic hydroxyl groups is 1. The minimum Gasteiger partial charge on any atom is -0.390 e. The molecule has 19 heavy (non-hydrogen) atoms. The molecule has 3 heteroatoms. The van der Waals surface area contributed by atoms with Crippen molar-refractivity contribution in [2.24, 2.45) is 0 Å². The number of anilines is 1. The molecule has 1 saturated heterocycles. The van der Waals surface area contributed by atoms with Crippen molar-refractivity contribution in [2.45, 2.75) is 44.8 Å². The van der Waals surface area contributed by atoms with Crippen molar-refractivity contribution in [3.63, 3.8) is 0 Å². The number of nitrogens with one attached hydrogen (secondary N) is 1. The maximum Gasteiger partial charge on any atom is 0.0637 e. The van der Waals surface area contributed by atoms with Crippen LogP contribution in [0.15, 0.2) is 24.3 Å². The van der Waals surface area contributed by atoms with E-state index in [1.165, 1.54) is 11.3 Å². The molecule has 0 bridgehead atoms. The summed E-state index contributed by atoms with van der Waals surface area (Å²) < 4.78 is 0. The van der Waals surface area contributed by atoms with Gasteiger partial charge in [-0.05, 0) is 57.9 Å². The first kappa shape index (κ1) is 14.4. The average molecular weight is 262 g/mol. The first-order chi connectivity index (χ1) is 9.02. The lowest BCUT2D eigenvalue weighted by molar-refractivity contribution is 0.0481. The molecule has 0 aromatic heterocycles. The van der Waals surface area contributed by atoms with E-state index in [0.29, 0.717) is 6.04 Å². The summed E-state index contributed by atoms with van der Waals surface area (Å²) in [5.74, 6) is 0. The fourth-order valence-electron chi connectivity index (χ4n) is 2.66. The van der Waals surface area contributed by atoms with Gasteiger partial charge < -0.3 is 15.3 Å². The van der Waals surface area contributed by atoms with Crippen LogP contribution in [0.3, 0.4) is 0 Å². The van der Waals surface area contributed by atoms with Crippen LogP contribution in [0, 0.1) is 0 Å². The highest BCUT2D eigenvalue weighted by Crippen LogP contribution is 2.26. The van der Waals surface area contributed by atoms with Gasteiger partial charge in [-0.15, -0.1) is 0 Å². The molecule has 2 rings (SSSR count). The minimum absolute atomic E-state index is 0.388. The van der Waals surface area contributed by atoms with Crippen molar-refractivity contribution in [1.29, 1.82) is 0 Å². The van der Waals surface area contributed by atoms with Crippen molar-refractivity contribution < 1.29 is 5.11 Å². The number of hydrogen-bond acceptors (Lipinski definition) is 3. The highest BCUT2D eigenvalue weighted by Gasteiger charge is 2.24. The molecule has 3 nitrogen and oxygen atoms in total. The zero-order valence-corrected chi connectivity index (χ0v) is 12.3. The molecule has 2 atom stereocenters. The van der Waals surface area contributed by atoms with Crippen molar-refractivity contribution in [2.75, 3.05) is 25.0 Å². The summed E-state index contributed by atoms with van der Waals surface area (Å²) in [6.45, 7) is 6.09. The Balaban J connectivity index is 2.05. The Bertz CT molecular complexity index is 400. The fraction of sp³-hybridized carbons (Fsp3) is 0.625. The molecular formula is C16H26N2O. The molecule has 1 aliphatic rings. The summed E-state index contributed by atoms with van der Waals surface area (Å²) >= 11 is 0. The van der Waals surface area contributed by atoms with Gasteiger partial charge in [0.25, 0.3) is 0 Å². The zero-order valence-electron chi connectivity index (χ0n) is 12.3. The van der Waals surface area contributed by atoms with Crippen LogP contribution in [0.4, 0.5) is 5.69 Å². The monoisotopic (exact) mass is 262 g/mol. The van der Waals surface area contributed by atoms with Crippen LogP contribution in [0.1, 0.15) is 44.7 Å². The van der Waals surface area contributed by atoms with E-state index in [1.54, 1.807) is 0 Å². The molecule has 0 amide bonds. The molecule has 1 fully saturated rings. The summed E-state index contributed by atoms with van der Waals surface area (Å²) in [5.41, 5.74) is 2.09. The van der Waals surface area contributed by atoms with E-state index in [2.05, 4.69) is 41.4 Å². The van der Waals surface area contributed by atoms with E-state index in [4.69, 9.17) is 0 Å². The van der Waals surface area contributed by atoms with Gasteiger partial charge in [-0.1, -0.05) is 12.1 Å². The number of benzene rings is 1. The van der Waals surface area contributed by atoms with Crippen LogP contribution < -0.4 is 10.2 Å². The third-order valence-corrected chi connectivity index (χ3v) is 4.25. The molecule has 0 spiro atoms. The van der Waals surface area contributed by atoms with Gasteiger partial charge >= 0.3 is 0 Å². The van der Waals surface area contributed by atoms with E-state index >= 15 is 0 Å². The van der Waals surface area contributed by atoms with Gasteiger partial charge in [0.2, 0.25) is 0 Å². The predicted octanol–water partition coefficient (Wildman–Crippen LogP) is 2.71. The quantitative estimate of drug-likeness (QED) is 0.879. The lowest BCUT2D eigenvalue weighted by Gasteiger charge is -2.24. The van der Waals surface area contributed by atoms with E-state index in [-0.39, 0.29) is 0 Å². The largest absolute Gasteiger partial charge is 0.390 e. The van der Waals surface area contributed by atoms with Crippen LogP contribution in [0.5, 0.6) is 0 Å². The summed E-state index contributed by atoms with van der Waals surface area (Å²) in [7, 11) is 1.98. The van der Waals surface area contributed by atoms with Crippen molar-refractivity contribution >= 4 is 5.69 Å². The van der Waals surface area contributed by atoms with Gasteiger partial charge in [0.15, 0.2) is 0 Å². The van der Waals surface area contributed by atoms with Gasteiger partial charge in [0.05, 0.1) is 5.60 Å². The van der Waals surface area contributed by atoms with Gasteiger partial charge in [-0.3, -0.25) is 0 Å². The summed E-state index contributed by atoms with van der Waals surface area (Å²) in [4.78, 5) is 2.38. The van der Waals surface area contributed by atoms with Crippen LogP contribution in [-0.4, -0.2) is 30.8 Å². The Labute approximate surface area is 116 Å². The highest BCUT2D eigenvalue weighted by molar-refractivity contribution is 5.48. The van der Waals surface area contributed by atoms with Crippen LogP contribution in [0.2, 0.25) is 0 Å². The third kappa shape index (κ3) is 3.71. The fourth-order valence-corrected chi connectivity index (χ4v) is 2.66. The molecule has 0 aliphatic carbocycles. The van der Waals surface area contributed by atoms with Gasteiger partial charge in [-0.2, -0.15) is 0 Å². The molecule has 1 aromatic carbocycles. The Hall–Kier alpha value is -1.06. The van der Waals surface area contributed by atoms with Gasteiger partial charge in [-0.25, -0.2) is 0 Å². The Kier molecular flexibility index (Phi) is 4.48. The number of hydrogen-bond donors (Lipinski definition) is 2. The van der Waals surface area contributed by atoms with Crippen LogP contribution in [-0.2, 0) is 0 Å².